The summed E-state index contributed by atoms with van der Waals surface area (Å²) < 4.78 is 0. The molecule has 0 aliphatic carbocycles. The number of hydrogen-bond acceptors (Lipinski definition) is 3. The SMILES string of the molecule is CC(C)(CO)CCCNC(=O)CNC(=O)c1cc2ccccc2[nH]1. The lowest BCUT2D eigenvalue weighted by molar-refractivity contribution is -0.120. The molecule has 0 unspecified atom stereocenters. The lowest BCUT2D eigenvalue weighted by Gasteiger charge is -2.21. The summed E-state index contributed by atoms with van der Waals surface area (Å²) in [6, 6.07) is 9.38. The van der Waals surface area contributed by atoms with Crippen LogP contribution in [-0.2, 0) is 4.79 Å². The third kappa shape index (κ3) is 5.09. The van der Waals surface area contributed by atoms with E-state index in [1.54, 1.807) is 6.07 Å². The number of aliphatic hydroxyl groups is 1. The molecule has 1 heterocycles. The molecule has 6 nitrogen and oxygen atoms in total. The summed E-state index contributed by atoms with van der Waals surface area (Å²) in [6.45, 7) is 4.56. The summed E-state index contributed by atoms with van der Waals surface area (Å²) in [5.41, 5.74) is 1.20. The van der Waals surface area contributed by atoms with Crippen molar-refractivity contribution in [1.29, 1.82) is 0 Å². The molecule has 1 aromatic carbocycles. The number of amides is 2. The van der Waals surface area contributed by atoms with Crippen molar-refractivity contribution in [3.05, 3.63) is 36.0 Å². The number of aromatic nitrogens is 1. The largest absolute Gasteiger partial charge is 0.396 e. The van der Waals surface area contributed by atoms with Gasteiger partial charge in [-0.15, -0.1) is 0 Å². The molecule has 0 saturated carbocycles. The summed E-state index contributed by atoms with van der Waals surface area (Å²) in [5.74, 6) is -0.524. The van der Waals surface area contributed by atoms with Gasteiger partial charge in [-0.25, -0.2) is 0 Å². The molecular formula is C18H25N3O3. The Morgan fingerprint density at radius 1 is 1.21 bits per heavy atom. The van der Waals surface area contributed by atoms with Crippen molar-refractivity contribution in [2.45, 2.75) is 26.7 Å². The first kappa shape index (κ1) is 18.0. The fourth-order valence-electron chi connectivity index (χ4n) is 2.39. The van der Waals surface area contributed by atoms with Crippen molar-refractivity contribution in [2.24, 2.45) is 5.41 Å². The smallest absolute Gasteiger partial charge is 0.268 e. The number of hydrogen-bond donors (Lipinski definition) is 4. The van der Waals surface area contributed by atoms with Gasteiger partial charge < -0.3 is 20.7 Å². The molecule has 0 bridgehead atoms. The summed E-state index contributed by atoms with van der Waals surface area (Å²) in [6.07, 6.45) is 1.61. The van der Waals surface area contributed by atoms with Gasteiger partial charge in [-0.1, -0.05) is 32.0 Å². The van der Waals surface area contributed by atoms with Crippen molar-refractivity contribution < 1.29 is 14.7 Å². The van der Waals surface area contributed by atoms with Gasteiger partial charge >= 0.3 is 0 Å². The standard InChI is InChI=1S/C18H25N3O3/c1-18(2,12-22)8-5-9-19-16(23)11-20-17(24)15-10-13-6-3-4-7-14(13)21-15/h3-4,6-7,10,21-22H,5,8-9,11-12H2,1-2H3,(H,19,23)(H,20,24). The van der Waals surface area contributed by atoms with E-state index in [2.05, 4.69) is 15.6 Å². The number of nitrogens with one attached hydrogen (secondary N) is 3. The lowest BCUT2D eigenvalue weighted by atomic mass is 9.89. The second-order valence-electron chi connectivity index (χ2n) is 6.73. The number of aromatic amines is 1. The Balaban J connectivity index is 1.72. The molecule has 4 N–H and O–H groups in total. The maximum absolute atomic E-state index is 12.1. The fraction of sp³-hybridized carbons (Fsp3) is 0.444. The topological polar surface area (TPSA) is 94.2 Å². The maximum Gasteiger partial charge on any atom is 0.268 e. The highest BCUT2D eigenvalue weighted by Gasteiger charge is 2.16. The molecule has 1 aromatic heterocycles. The third-order valence-electron chi connectivity index (χ3n) is 3.96. The molecule has 0 aliphatic rings. The molecule has 2 amide bonds. The maximum atomic E-state index is 12.1. The van der Waals surface area contributed by atoms with E-state index in [1.165, 1.54) is 0 Å². The van der Waals surface area contributed by atoms with Gasteiger partial charge in [0.25, 0.3) is 5.91 Å². The van der Waals surface area contributed by atoms with Crippen LogP contribution in [0.4, 0.5) is 0 Å². The molecule has 2 aromatic rings. The van der Waals surface area contributed by atoms with Crippen molar-refractivity contribution in [3.8, 4) is 0 Å². The van der Waals surface area contributed by atoms with Gasteiger partial charge in [0.1, 0.15) is 5.69 Å². The van der Waals surface area contributed by atoms with Crippen LogP contribution in [0.1, 0.15) is 37.2 Å². The quantitative estimate of drug-likeness (QED) is 0.556. The van der Waals surface area contributed by atoms with E-state index in [0.29, 0.717) is 12.2 Å². The van der Waals surface area contributed by atoms with Crippen LogP contribution in [0.25, 0.3) is 10.9 Å². The highest BCUT2D eigenvalue weighted by atomic mass is 16.3. The Morgan fingerprint density at radius 3 is 2.67 bits per heavy atom. The lowest BCUT2D eigenvalue weighted by Crippen LogP contribution is -2.37. The molecule has 0 spiro atoms. The number of carbonyl (C=O) groups is 2. The van der Waals surface area contributed by atoms with Gasteiger partial charge in [-0.05, 0) is 30.4 Å². The van der Waals surface area contributed by atoms with Crippen LogP contribution in [0, 0.1) is 5.41 Å². The fourth-order valence-corrected chi connectivity index (χ4v) is 2.39. The zero-order valence-corrected chi connectivity index (χ0v) is 14.2. The highest BCUT2D eigenvalue weighted by molar-refractivity contribution is 5.99. The summed E-state index contributed by atoms with van der Waals surface area (Å²) in [4.78, 5) is 26.9. The first-order valence-corrected chi connectivity index (χ1v) is 8.15. The van der Waals surface area contributed by atoms with Crippen LogP contribution in [0.5, 0.6) is 0 Å². The average Bonchev–Trinajstić information content (AvgIpc) is 3.01. The minimum Gasteiger partial charge on any atom is -0.396 e. The first-order valence-electron chi connectivity index (χ1n) is 8.15. The Morgan fingerprint density at radius 2 is 1.96 bits per heavy atom. The monoisotopic (exact) mass is 331 g/mol. The van der Waals surface area contributed by atoms with Gasteiger partial charge in [-0.2, -0.15) is 0 Å². The molecular weight excluding hydrogens is 306 g/mol. The summed E-state index contributed by atoms with van der Waals surface area (Å²) in [7, 11) is 0. The van der Waals surface area contributed by atoms with E-state index in [-0.39, 0.29) is 30.4 Å². The van der Waals surface area contributed by atoms with E-state index in [9.17, 15) is 14.7 Å². The van der Waals surface area contributed by atoms with Gasteiger partial charge in [0.15, 0.2) is 0 Å². The number of rotatable bonds is 8. The minimum absolute atomic E-state index is 0.0579. The third-order valence-corrected chi connectivity index (χ3v) is 3.96. The van der Waals surface area contributed by atoms with E-state index in [1.807, 2.05) is 38.1 Å². The van der Waals surface area contributed by atoms with Crippen molar-refractivity contribution >= 4 is 22.7 Å². The Bertz CT molecular complexity index is 673. The number of aliphatic hydroxyl groups excluding tert-OH is 1. The second-order valence-corrected chi connectivity index (χ2v) is 6.73. The highest BCUT2D eigenvalue weighted by Crippen LogP contribution is 2.20. The number of H-pyrrole nitrogens is 1. The van der Waals surface area contributed by atoms with Crippen LogP contribution in [0.3, 0.4) is 0 Å². The molecule has 0 saturated heterocycles. The predicted molar refractivity (Wildman–Crippen MR) is 93.7 cm³/mol. The average molecular weight is 331 g/mol. The zero-order chi connectivity index (χ0) is 17.6. The van der Waals surface area contributed by atoms with Crippen molar-refractivity contribution in [1.82, 2.24) is 15.6 Å². The van der Waals surface area contributed by atoms with Crippen LogP contribution in [0.2, 0.25) is 0 Å². The normalized spacial score (nSPS) is 11.5. The van der Waals surface area contributed by atoms with Crippen LogP contribution in [-0.4, -0.2) is 41.6 Å². The van der Waals surface area contributed by atoms with Crippen LogP contribution >= 0.6 is 0 Å². The molecule has 130 valence electrons. The van der Waals surface area contributed by atoms with E-state index in [4.69, 9.17) is 0 Å². The number of carbonyl (C=O) groups excluding carboxylic acids is 2. The Hall–Kier alpha value is -2.34. The van der Waals surface area contributed by atoms with Crippen molar-refractivity contribution in [3.63, 3.8) is 0 Å². The van der Waals surface area contributed by atoms with Gasteiger partial charge in [-0.3, -0.25) is 9.59 Å². The summed E-state index contributed by atoms with van der Waals surface area (Å²) in [5, 5.41) is 15.5. The second kappa shape index (κ2) is 7.97. The molecule has 0 atom stereocenters. The molecule has 6 heteroatoms. The molecule has 0 aliphatic heterocycles. The van der Waals surface area contributed by atoms with Gasteiger partial charge in [0.2, 0.25) is 5.91 Å². The molecule has 0 fully saturated rings. The predicted octanol–water partition coefficient (Wildman–Crippen LogP) is 1.81. The minimum atomic E-state index is -0.303. The van der Waals surface area contributed by atoms with Crippen molar-refractivity contribution in [2.75, 3.05) is 19.7 Å². The van der Waals surface area contributed by atoms with Crippen LogP contribution < -0.4 is 10.6 Å². The van der Waals surface area contributed by atoms with Gasteiger partial charge in [0.05, 0.1) is 6.54 Å². The summed E-state index contributed by atoms with van der Waals surface area (Å²) >= 11 is 0. The molecule has 24 heavy (non-hydrogen) atoms. The number of benzene rings is 1. The van der Waals surface area contributed by atoms with E-state index < -0.39 is 0 Å². The van der Waals surface area contributed by atoms with Gasteiger partial charge in [0, 0.05) is 24.1 Å². The molecule has 2 rings (SSSR count). The Kier molecular flexibility index (Phi) is 5.98. The first-order chi connectivity index (χ1) is 11.4. The van der Waals surface area contributed by atoms with E-state index in [0.717, 1.165) is 23.7 Å². The zero-order valence-electron chi connectivity index (χ0n) is 14.2. The molecule has 0 radical (unpaired) electrons. The van der Waals surface area contributed by atoms with E-state index >= 15 is 0 Å². The van der Waals surface area contributed by atoms with Crippen LogP contribution in [0.15, 0.2) is 30.3 Å². The number of fused-ring (bicyclic) bond motifs is 1. The number of para-hydroxylation sites is 1. The Labute approximate surface area is 141 Å².